The van der Waals surface area contributed by atoms with E-state index in [0.717, 1.165) is 17.8 Å². The topological polar surface area (TPSA) is 85.1 Å². The van der Waals surface area contributed by atoms with Crippen molar-refractivity contribution >= 4 is 17.5 Å². The van der Waals surface area contributed by atoms with Crippen LogP contribution in [0.15, 0.2) is 24.3 Å². The van der Waals surface area contributed by atoms with Crippen molar-refractivity contribution in [1.29, 1.82) is 0 Å². The molecule has 1 N–H and O–H groups in total. The molecule has 0 aliphatic carbocycles. The van der Waals surface area contributed by atoms with Gasteiger partial charge >= 0.3 is 6.18 Å². The largest absolute Gasteiger partial charge is 0.433 e. The first-order valence-corrected chi connectivity index (χ1v) is 6.80. The van der Waals surface area contributed by atoms with Gasteiger partial charge < -0.3 is 5.32 Å². The van der Waals surface area contributed by atoms with E-state index in [1.54, 1.807) is 19.9 Å². The number of alkyl halides is 3. The van der Waals surface area contributed by atoms with E-state index in [1.807, 2.05) is 0 Å². The van der Waals surface area contributed by atoms with Gasteiger partial charge in [-0.3, -0.25) is 4.79 Å². The summed E-state index contributed by atoms with van der Waals surface area (Å²) >= 11 is 0. The van der Waals surface area contributed by atoms with E-state index in [9.17, 15) is 18.0 Å². The van der Waals surface area contributed by atoms with Crippen LogP contribution in [0.3, 0.4) is 0 Å². The van der Waals surface area contributed by atoms with Gasteiger partial charge in [0, 0.05) is 11.4 Å². The Bertz CT molecular complexity index is 934. The Hall–Kier alpha value is -3.04. The molecule has 24 heavy (non-hydrogen) atoms. The summed E-state index contributed by atoms with van der Waals surface area (Å²) in [6.45, 7) is 3.54. The van der Waals surface area contributed by atoms with Gasteiger partial charge in [0.15, 0.2) is 0 Å². The highest BCUT2D eigenvalue weighted by atomic mass is 19.4. The van der Waals surface area contributed by atoms with Crippen LogP contribution in [0.5, 0.6) is 0 Å². The second kappa shape index (κ2) is 5.55. The maximum Gasteiger partial charge on any atom is 0.433 e. The number of nitrogens with zero attached hydrogens (tertiary/aromatic N) is 5. The van der Waals surface area contributed by atoms with Gasteiger partial charge in [-0.1, -0.05) is 6.07 Å². The van der Waals surface area contributed by atoms with Crippen LogP contribution >= 0.6 is 0 Å². The Morgan fingerprint density at radius 1 is 1.17 bits per heavy atom. The summed E-state index contributed by atoms with van der Waals surface area (Å²) < 4.78 is 39.3. The lowest BCUT2D eigenvalue weighted by Gasteiger charge is -2.07. The van der Waals surface area contributed by atoms with E-state index < -0.39 is 17.8 Å². The van der Waals surface area contributed by atoms with Crippen molar-refractivity contribution in [3.63, 3.8) is 0 Å². The standard InChI is InChI=1S/C14H11F3N6O/c1-7-6-8(2)23-13(18-7)21-11(22-23)12(24)20-10-5-3-4-9(19-10)14(15,16)17/h3-6H,1-2H3,(H,19,20,24). The van der Waals surface area contributed by atoms with Gasteiger partial charge in [0.05, 0.1) is 0 Å². The van der Waals surface area contributed by atoms with Crippen molar-refractivity contribution in [2.24, 2.45) is 0 Å². The molecule has 7 nitrogen and oxygen atoms in total. The number of carbonyl (C=O) groups is 1. The van der Waals surface area contributed by atoms with Gasteiger partial charge in [0.2, 0.25) is 5.82 Å². The summed E-state index contributed by atoms with van der Waals surface area (Å²) in [5, 5.41) is 6.25. The number of amides is 1. The van der Waals surface area contributed by atoms with Crippen LogP contribution in [0.1, 0.15) is 27.7 Å². The SMILES string of the molecule is Cc1cc(C)n2nc(C(=O)Nc3cccc(C(F)(F)F)n3)nc2n1. The van der Waals surface area contributed by atoms with Crippen molar-refractivity contribution in [2.45, 2.75) is 20.0 Å². The molecule has 10 heteroatoms. The van der Waals surface area contributed by atoms with Gasteiger partial charge in [-0.25, -0.2) is 14.5 Å². The second-order valence-corrected chi connectivity index (χ2v) is 5.05. The molecule has 124 valence electrons. The summed E-state index contributed by atoms with van der Waals surface area (Å²) in [6, 6.07) is 4.97. The smallest absolute Gasteiger partial charge is 0.304 e. The van der Waals surface area contributed by atoms with Crippen LogP contribution in [0.4, 0.5) is 19.0 Å². The highest BCUT2D eigenvalue weighted by molar-refractivity contribution is 6.01. The van der Waals surface area contributed by atoms with Crippen molar-refractivity contribution < 1.29 is 18.0 Å². The second-order valence-electron chi connectivity index (χ2n) is 5.05. The van der Waals surface area contributed by atoms with Crippen LogP contribution in [-0.2, 0) is 6.18 Å². The fourth-order valence-corrected chi connectivity index (χ4v) is 2.10. The van der Waals surface area contributed by atoms with E-state index in [2.05, 4.69) is 25.4 Å². The van der Waals surface area contributed by atoms with Gasteiger partial charge in [-0.2, -0.15) is 18.2 Å². The summed E-state index contributed by atoms with van der Waals surface area (Å²) in [7, 11) is 0. The Labute approximate surface area is 133 Å². The maximum absolute atomic E-state index is 12.6. The summed E-state index contributed by atoms with van der Waals surface area (Å²) in [6.07, 6.45) is -4.60. The van der Waals surface area contributed by atoms with Crippen molar-refractivity contribution in [2.75, 3.05) is 5.32 Å². The number of pyridine rings is 1. The number of carbonyl (C=O) groups excluding carboxylic acids is 1. The Morgan fingerprint density at radius 2 is 1.92 bits per heavy atom. The first-order chi connectivity index (χ1) is 11.2. The van der Waals surface area contributed by atoms with Crippen molar-refractivity contribution in [3.05, 3.63) is 47.2 Å². The molecule has 0 saturated carbocycles. The molecule has 1 amide bonds. The molecule has 3 aromatic rings. The van der Waals surface area contributed by atoms with Gasteiger partial charge in [-0.15, -0.1) is 5.10 Å². The highest BCUT2D eigenvalue weighted by Gasteiger charge is 2.32. The lowest BCUT2D eigenvalue weighted by molar-refractivity contribution is -0.141. The van der Waals surface area contributed by atoms with E-state index >= 15 is 0 Å². The number of fused-ring (bicyclic) bond motifs is 1. The third-order valence-corrected chi connectivity index (χ3v) is 3.10. The molecule has 0 aromatic carbocycles. The Morgan fingerprint density at radius 3 is 2.62 bits per heavy atom. The number of anilines is 1. The van der Waals surface area contributed by atoms with Crippen molar-refractivity contribution in [3.8, 4) is 0 Å². The molecule has 0 bridgehead atoms. The summed E-state index contributed by atoms with van der Waals surface area (Å²) in [4.78, 5) is 23.6. The molecule has 0 aliphatic heterocycles. The van der Waals surface area contributed by atoms with Gasteiger partial charge in [0.25, 0.3) is 11.7 Å². The molecule has 0 fully saturated rings. The first-order valence-electron chi connectivity index (χ1n) is 6.80. The lowest BCUT2D eigenvalue weighted by atomic mass is 10.3. The monoisotopic (exact) mass is 336 g/mol. The van der Waals surface area contributed by atoms with Crippen molar-refractivity contribution in [1.82, 2.24) is 24.6 Å². The minimum absolute atomic E-state index is 0.213. The molecule has 3 heterocycles. The molecule has 0 unspecified atom stereocenters. The van der Waals surface area contributed by atoms with E-state index in [4.69, 9.17) is 0 Å². The zero-order valence-electron chi connectivity index (χ0n) is 12.6. The van der Waals surface area contributed by atoms with Gasteiger partial charge in [-0.05, 0) is 32.0 Å². The number of hydrogen-bond acceptors (Lipinski definition) is 5. The predicted octanol–water partition coefficient (Wildman–Crippen LogP) is 2.41. The van der Waals surface area contributed by atoms with Crippen LogP contribution in [-0.4, -0.2) is 30.5 Å². The lowest BCUT2D eigenvalue weighted by Crippen LogP contribution is -2.16. The minimum Gasteiger partial charge on any atom is -0.304 e. The fraction of sp³-hybridized carbons (Fsp3) is 0.214. The van der Waals surface area contributed by atoms with E-state index in [1.165, 1.54) is 10.6 Å². The number of aryl methyl sites for hydroxylation is 2. The number of nitrogens with one attached hydrogen (secondary N) is 1. The van der Waals surface area contributed by atoms with Crippen LogP contribution in [0.25, 0.3) is 5.78 Å². The average Bonchev–Trinajstić information content (AvgIpc) is 2.91. The summed E-state index contributed by atoms with van der Waals surface area (Å²) in [5.41, 5.74) is 0.330. The zero-order valence-corrected chi connectivity index (χ0v) is 12.6. The van der Waals surface area contributed by atoms with Crippen LogP contribution < -0.4 is 5.32 Å². The highest BCUT2D eigenvalue weighted by Crippen LogP contribution is 2.28. The average molecular weight is 336 g/mol. The first kappa shape index (κ1) is 15.8. The number of hydrogen-bond donors (Lipinski definition) is 1. The fourth-order valence-electron chi connectivity index (χ4n) is 2.10. The quantitative estimate of drug-likeness (QED) is 0.777. The molecular formula is C14H11F3N6O. The number of aromatic nitrogens is 5. The maximum atomic E-state index is 12.6. The van der Waals surface area contributed by atoms with Gasteiger partial charge in [0.1, 0.15) is 11.5 Å². The molecule has 0 radical (unpaired) electrons. The zero-order chi connectivity index (χ0) is 17.5. The predicted molar refractivity (Wildman–Crippen MR) is 77.4 cm³/mol. The molecular weight excluding hydrogens is 325 g/mol. The molecule has 3 rings (SSSR count). The molecule has 0 saturated heterocycles. The van der Waals surface area contributed by atoms with Crippen LogP contribution in [0.2, 0.25) is 0 Å². The third-order valence-electron chi connectivity index (χ3n) is 3.10. The van der Waals surface area contributed by atoms with E-state index in [-0.39, 0.29) is 17.4 Å². The minimum atomic E-state index is -4.60. The Balaban J connectivity index is 1.89. The summed E-state index contributed by atoms with van der Waals surface area (Å²) in [5.74, 6) is -0.996. The molecule has 0 atom stereocenters. The molecule has 3 aromatic heterocycles. The van der Waals surface area contributed by atoms with Crippen LogP contribution in [0, 0.1) is 13.8 Å². The molecule has 0 spiro atoms. The third kappa shape index (κ3) is 3.03. The number of rotatable bonds is 2. The molecule has 0 aliphatic rings. The number of halogens is 3. The van der Waals surface area contributed by atoms with E-state index in [0.29, 0.717) is 5.69 Å². The normalized spacial score (nSPS) is 11.7. The Kier molecular flexibility index (Phi) is 3.66.